The van der Waals surface area contributed by atoms with Gasteiger partial charge < -0.3 is 10.1 Å². The lowest BCUT2D eigenvalue weighted by molar-refractivity contribution is 0.0601. The van der Waals surface area contributed by atoms with Gasteiger partial charge in [0, 0.05) is 15.6 Å². The summed E-state index contributed by atoms with van der Waals surface area (Å²) < 4.78 is 4.92. The van der Waals surface area contributed by atoms with Crippen LogP contribution in [0.5, 0.6) is 0 Å². The Morgan fingerprint density at radius 1 is 1.32 bits per heavy atom. The molecule has 2 amide bonds. The fourth-order valence-corrected chi connectivity index (χ4v) is 4.57. The molecule has 25 heavy (non-hydrogen) atoms. The van der Waals surface area contributed by atoms with Gasteiger partial charge in [-0.25, -0.2) is 9.59 Å². The molecule has 0 bridgehead atoms. The van der Waals surface area contributed by atoms with Crippen LogP contribution in [0.15, 0.2) is 24.3 Å². The minimum Gasteiger partial charge on any atom is -0.465 e. The minimum atomic E-state index is -0.418. The van der Waals surface area contributed by atoms with E-state index in [9.17, 15) is 9.59 Å². The maximum absolute atomic E-state index is 12.3. The number of nitrogens with one attached hydrogen (secondary N) is 2. The van der Waals surface area contributed by atoms with E-state index >= 15 is 0 Å². The van der Waals surface area contributed by atoms with Crippen molar-refractivity contribution in [1.29, 1.82) is 0 Å². The maximum Gasteiger partial charge on any atom is 0.341 e. The number of urea groups is 1. The van der Waals surface area contributed by atoms with Gasteiger partial charge in [0.05, 0.1) is 12.7 Å². The largest absolute Gasteiger partial charge is 0.465 e. The number of hydrogen-bond donors (Lipinski definition) is 2. The van der Waals surface area contributed by atoms with Crippen LogP contribution < -0.4 is 10.6 Å². The Hall–Kier alpha value is -2.05. The van der Waals surface area contributed by atoms with E-state index in [1.165, 1.54) is 18.4 Å². The van der Waals surface area contributed by atoms with Gasteiger partial charge >= 0.3 is 12.0 Å². The second kappa shape index (κ2) is 7.45. The number of amides is 2. The molecule has 2 aromatic rings. The molecular weight excluding hydrogens is 360 g/mol. The molecule has 1 aliphatic rings. The van der Waals surface area contributed by atoms with Crippen molar-refractivity contribution in [2.24, 2.45) is 5.92 Å². The highest BCUT2D eigenvalue weighted by Gasteiger charge is 2.28. The first-order valence-electron chi connectivity index (χ1n) is 8.04. The predicted octanol–water partition coefficient (Wildman–Crippen LogP) is 4.96. The van der Waals surface area contributed by atoms with Crippen LogP contribution in [0.1, 0.15) is 34.1 Å². The number of carbonyl (C=O) groups excluding carboxylic acids is 2. The molecule has 1 heterocycles. The summed E-state index contributed by atoms with van der Waals surface area (Å²) in [6, 6.07) is 6.47. The van der Waals surface area contributed by atoms with E-state index in [1.807, 2.05) is 0 Å². The first-order chi connectivity index (χ1) is 12.0. The molecule has 1 aromatic heterocycles. The van der Waals surface area contributed by atoms with Gasteiger partial charge in [0.1, 0.15) is 5.00 Å². The van der Waals surface area contributed by atoms with E-state index in [0.29, 0.717) is 27.2 Å². The summed E-state index contributed by atoms with van der Waals surface area (Å²) in [5.41, 5.74) is 2.07. The van der Waals surface area contributed by atoms with Gasteiger partial charge in [-0.15, -0.1) is 11.3 Å². The molecule has 1 aliphatic carbocycles. The first kappa shape index (κ1) is 17.8. The number of methoxy groups -OCH3 is 1. The van der Waals surface area contributed by atoms with Gasteiger partial charge in [0.15, 0.2) is 0 Å². The standard InChI is InChI=1S/C18H19ClN2O3S/c1-10-6-7-13-14(8-10)25-16(15(13)17(22)24-2)21-18(23)20-12-5-3-4-11(19)9-12/h3-5,9-10H,6-8H2,1-2H3,(H2,20,21,23). The molecule has 0 aliphatic heterocycles. The maximum atomic E-state index is 12.3. The van der Waals surface area contributed by atoms with E-state index in [-0.39, 0.29) is 0 Å². The van der Waals surface area contributed by atoms with Crippen LogP contribution in [0.3, 0.4) is 0 Å². The Kier molecular flexibility index (Phi) is 5.30. The van der Waals surface area contributed by atoms with Gasteiger partial charge in [-0.2, -0.15) is 0 Å². The molecule has 0 saturated carbocycles. The van der Waals surface area contributed by atoms with Crippen molar-refractivity contribution in [3.63, 3.8) is 0 Å². The van der Waals surface area contributed by atoms with Crippen LogP contribution in [-0.4, -0.2) is 19.1 Å². The Morgan fingerprint density at radius 2 is 2.12 bits per heavy atom. The fourth-order valence-electron chi connectivity index (χ4n) is 2.99. The molecule has 0 radical (unpaired) electrons. The number of halogens is 1. The molecule has 1 aromatic carbocycles. The number of rotatable bonds is 3. The Labute approximate surface area is 155 Å². The second-order valence-electron chi connectivity index (χ2n) is 6.14. The third-order valence-corrected chi connectivity index (χ3v) is 5.62. The lowest BCUT2D eigenvalue weighted by Gasteiger charge is -2.18. The highest BCUT2D eigenvalue weighted by molar-refractivity contribution is 7.17. The van der Waals surface area contributed by atoms with Crippen LogP contribution in [0.25, 0.3) is 0 Å². The Morgan fingerprint density at radius 3 is 2.84 bits per heavy atom. The van der Waals surface area contributed by atoms with Gasteiger partial charge in [-0.3, -0.25) is 5.32 Å². The zero-order valence-corrected chi connectivity index (χ0v) is 15.6. The van der Waals surface area contributed by atoms with Crippen LogP contribution in [0.2, 0.25) is 5.02 Å². The molecule has 7 heteroatoms. The second-order valence-corrected chi connectivity index (χ2v) is 7.68. The highest BCUT2D eigenvalue weighted by atomic mass is 35.5. The van der Waals surface area contributed by atoms with E-state index in [1.54, 1.807) is 24.3 Å². The monoisotopic (exact) mass is 378 g/mol. The smallest absolute Gasteiger partial charge is 0.341 e. The van der Waals surface area contributed by atoms with Crippen molar-refractivity contribution in [3.05, 3.63) is 45.3 Å². The van der Waals surface area contributed by atoms with Crippen LogP contribution in [-0.2, 0) is 17.6 Å². The lowest BCUT2D eigenvalue weighted by Crippen LogP contribution is -2.20. The van der Waals surface area contributed by atoms with Crippen molar-refractivity contribution >= 4 is 45.6 Å². The van der Waals surface area contributed by atoms with Crippen molar-refractivity contribution in [1.82, 2.24) is 0 Å². The minimum absolute atomic E-state index is 0.412. The van der Waals surface area contributed by atoms with Gasteiger partial charge in [-0.1, -0.05) is 24.6 Å². The van der Waals surface area contributed by atoms with Crippen molar-refractivity contribution < 1.29 is 14.3 Å². The predicted molar refractivity (Wildman–Crippen MR) is 101 cm³/mol. The first-order valence-corrected chi connectivity index (χ1v) is 9.23. The summed E-state index contributed by atoms with van der Waals surface area (Å²) in [7, 11) is 1.35. The summed E-state index contributed by atoms with van der Waals surface area (Å²) in [4.78, 5) is 25.7. The van der Waals surface area contributed by atoms with Crippen molar-refractivity contribution in [2.75, 3.05) is 17.7 Å². The summed E-state index contributed by atoms with van der Waals surface area (Å²) in [5, 5.41) is 6.58. The summed E-state index contributed by atoms with van der Waals surface area (Å²) >= 11 is 7.38. The lowest BCUT2D eigenvalue weighted by atomic mass is 9.88. The molecule has 0 fully saturated rings. The summed E-state index contributed by atoms with van der Waals surface area (Å²) in [6.45, 7) is 2.19. The molecular formula is C18H19ClN2O3S. The molecule has 1 atom stereocenters. The van der Waals surface area contributed by atoms with E-state index in [4.69, 9.17) is 16.3 Å². The average Bonchev–Trinajstić information content (AvgIpc) is 2.90. The number of esters is 1. The number of carbonyl (C=O) groups is 2. The van der Waals surface area contributed by atoms with E-state index < -0.39 is 12.0 Å². The van der Waals surface area contributed by atoms with Gasteiger partial charge in [0.25, 0.3) is 0 Å². The molecule has 3 rings (SSSR count). The number of benzene rings is 1. The summed E-state index contributed by atoms with van der Waals surface area (Å²) in [5.74, 6) is 0.162. The third kappa shape index (κ3) is 3.96. The Balaban J connectivity index is 1.84. The number of thiophene rings is 1. The van der Waals surface area contributed by atoms with Gasteiger partial charge in [-0.05, 0) is 48.9 Å². The van der Waals surface area contributed by atoms with Crippen LogP contribution in [0.4, 0.5) is 15.5 Å². The zero-order valence-electron chi connectivity index (χ0n) is 14.0. The van der Waals surface area contributed by atoms with Crippen LogP contribution in [0, 0.1) is 5.92 Å². The average molecular weight is 379 g/mol. The van der Waals surface area contributed by atoms with Crippen LogP contribution >= 0.6 is 22.9 Å². The molecule has 0 saturated heterocycles. The molecule has 2 N–H and O–H groups in total. The Bertz CT molecular complexity index is 819. The number of anilines is 2. The normalized spacial score (nSPS) is 16.0. The molecule has 132 valence electrons. The molecule has 5 nitrogen and oxygen atoms in total. The topological polar surface area (TPSA) is 67.4 Å². The number of hydrogen-bond acceptors (Lipinski definition) is 4. The highest BCUT2D eigenvalue weighted by Crippen LogP contribution is 2.40. The van der Waals surface area contributed by atoms with E-state index in [2.05, 4.69) is 17.6 Å². The number of fused-ring (bicyclic) bond motifs is 1. The summed E-state index contributed by atoms with van der Waals surface area (Å²) in [6.07, 6.45) is 2.78. The SMILES string of the molecule is COC(=O)c1c(NC(=O)Nc2cccc(Cl)c2)sc2c1CCC(C)C2. The van der Waals surface area contributed by atoms with Crippen molar-refractivity contribution in [2.45, 2.75) is 26.2 Å². The fraction of sp³-hybridized carbons (Fsp3) is 0.333. The third-order valence-electron chi connectivity index (χ3n) is 4.21. The quantitative estimate of drug-likeness (QED) is 0.742. The van der Waals surface area contributed by atoms with Crippen molar-refractivity contribution in [3.8, 4) is 0 Å². The molecule has 0 spiro atoms. The van der Waals surface area contributed by atoms with E-state index in [0.717, 1.165) is 29.7 Å². The molecule has 1 unspecified atom stereocenters. The number of ether oxygens (including phenoxy) is 1. The van der Waals surface area contributed by atoms with Gasteiger partial charge in [0.2, 0.25) is 0 Å². The zero-order chi connectivity index (χ0) is 18.0.